The number of ether oxygens (including phenoxy) is 3. The van der Waals surface area contributed by atoms with Gasteiger partial charge in [0.15, 0.2) is 11.5 Å². The lowest BCUT2D eigenvalue weighted by molar-refractivity contribution is 0.0697. The van der Waals surface area contributed by atoms with E-state index in [-0.39, 0.29) is 28.5 Å². The van der Waals surface area contributed by atoms with E-state index in [1.165, 1.54) is 27.4 Å². The van der Waals surface area contributed by atoms with Gasteiger partial charge in [-0.15, -0.1) is 0 Å². The van der Waals surface area contributed by atoms with Gasteiger partial charge in [-0.25, -0.2) is 4.79 Å². The normalized spacial score (nSPS) is 9.68. The summed E-state index contributed by atoms with van der Waals surface area (Å²) in [6, 6.07) is 9.99. The molecule has 0 aliphatic heterocycles. The SMILES string of the molecule is COc1cc(C(=O)O)c(NNc2ccc(C#N)cc2)c(OC)c1OC. The summed E-state index contributed by atoms with van der Waals surface area (Å²) in [6.07, 6.45) is 0. The summed E-state index contributed by atoms with van der Waals surface area (Å²) in [5.41, 5.74) is 6.96. The first-order chi connectivity index (χ1) is 12.0. The van der Waals surface area contributed by atoms with E-state index in [1.807, 2.05) is 6.07 Å². The molecule has 130 valence electrons. The van der Waals surface area contributed by atoms with Crippen molar-refractivity contribution < 1.29 is 24.1 Å². The summed E-state index contributed by atoms with van der Waals surface area (Å²) in [5, 5.41) is 18.3. The first-order valence-corrected chi connectivity index (χ1v) is 7.14. The maximum Gasteiger partial charge on any atom is 0.338 e. The Hall–Kier alpha value is -3.60. The highest BCUT2D eigenvalue weighted by molar-refractivity contribution is 5.98. The summed E-state index contributed by atoms with van der Waals surface area (Å²) >= 11 is 0. The van der Waals surface area contributed by atoms with Crippen molar-refractivity contribution in [3.05, 3.63) is 41.5 Å². The molecule has 0 heterocycles. The van der Waals surface area contributed by atoms with E-state index in [1.54, 1.807) is 24.3 Å². The maximum absolute atomic E-state index is 11.6. The van der Waals surface area contributed by atoms with E-state index in [4.69, 9.17) is 19.5 Å². The Bertz CT molecular complexity index is 813. The van der Waals surface area contributed by atoms with Gasteiger partial charge in [0.25, 0.3) is 0 Å². The van der Waals surface area contributed by atoms with E-state index in [0.29, 0.717) is 11.3 Å². The van der Waals surface area contributed by atoms with Crippen molar-refractivity contribution in [2.24, 2.45) is 0 Å². The number of nitriles is 1. The molecule has 0 saturated heterocycles. The predicted molar refractivity (Wildman–Crippen MR) is 91.5 cm³/mol. The largest absolute Gasteiger partial charge is 0.493 e. The van der Waals surface area contributed by atoms with Gasteiger partial charge in [0.2, 0.25) is 5.75 Å². The number of nitrogens with zero attached hydrogens (tertiary/aromatic N) is 1. The summed E-state index contributed by atoms with van der Waals surface area (Å²) in [5.74, 6) is -0.483. The number of anilines is 2. The molecule has 0 aromatic heterocycles. The second kappa shape index (κ2) is 7.79. The van der Waals surface area contributed by atoms with Gasteiger partial charge in [0.1, 0.15) is 5.69 Å². The zero-order valence-corrected chi connectivity index (χ0v) is 13.9. The molecule has 2 aromatic carbocycles. The summed E-state index contributed by atoms with van der Waals surface area (Å²) in [4.78, 5) is 11.6. The lowest BCUT2D eigenvalue weighted by atomic mass is 10.1. The first-order valence-electron chi connectivity index (χ1n) is 7.14. The highest BCUT2D eigenvalue weighted by Crippen LogP contribution is 2.45. The van der Waals surface area contributed by atoms with E-state index >= 15 is 0 Å². The van der Waals surface area contributed by atoms with Crippen LogP contribution in [0.1, 0.15) is 15.9 Å². The number of carboxylic acids is 1. The molecule has 0 aliphatic rings. The number of methoxy groups -OCH3 is 3. The van der Waals surface area contributed by atoms with Gasteiger partial charge in [0.05, 0.1) is 44.2 Å². The van der Waals surface area contributed by atoms with E-state index in [0.717, 1.165) is 0 Å². The van der Waals surface area contributed by atoms with Crippen LogP contribution in [0.5, 0.6) is 17.2 Å². The van der Waals surface area contributed by atoms with E-state index in [2.05, 4.69) is 10.9 Å². The van der Waals surface area contributed by atoms with Crippen molar-refractivity contribution in [1.82, 2.24) is 0 Å². The number of carboxylic acid groups (broad SMARTS) is 1. The molecule has 2 rings (SSSR count). The molecule has 2 aromatic rings. The first kappa shape index (κ1) is 17.7. The third-order valence-electron chi connectivity index (χ3n) is 3.41. The minimum Gasteiger partial charge on any atom is -0.493 e. The van der Waals surface area contributed by atoms with Gasteiger partial charge in [-0.1, -0.05) is 0 Å². The van der Waals surface area contributed by atoms with Crippen LogP contribution in [-0.4, -0.2) is 32.4 Å². The van der Waals surface area contributed by atoms with Crippen molar-refractivity contribution >= 4 is 17.3 Å². The summed E-state index contributed by atoms with van der Waals surface area (Å²) in [6.45, 7) is 0. The maximum atomic E-state index is 11.6. The molecule has 0 atom stereocenters. The van der Waals surface area contributed by atoms with Crippen LogP contribution in [0, 0.1) is 11.3 Å². The average Bonchev–Trinajstić information content (AvgIpc) is 2.64. The monoisotopic (exact) mass is 343 g/mol. The number of rotatable bonds is 7. The van der Waals surface area contributed by atoms with Crippen molar-refractivity contribution in [1.29, 1.82) is 5.26 Å². The molecule has 3 N–H and O–H groups in total. The molecule has 0 bridgehead atoms. The van der Waals surface area contributed by atoms with Gasteiger partial charge < -0.3 is 24.7 Å². The number of hydrazine groups is 1. The third kappa shape index (κ3) is 3.67. The smallest absolute Gasteiger partial charge is 0.338 e. The van der Waals surface area contributed by atoms with Crippen molar-refractivity contribution in [2.45, 2.75) is 0 Å². The summed E-state index contributed by atoms with van der Waals surface area (Å²) in [7, 11) is 4.24. The van der Waals surface area contributed by atoms with Crippen molar-refractivity contribution in [3.8, 4) is 23.3 Å². The lowest BCUT2D eigenvalue weighted by Crippen LogP contribution is -2.14. The highest BCUT2D eigenvalue weighted by Gasteiger charge is 2.24. The predicted octanol–water partition coefficient (Wildman–Crippen LogP) is 2.72. The molecular weight excluding hydrogens is 326 g/mol. The molecule has 0 saturated carbocycles. The number of aromatic carboxylic acids is 1. The van der Waals surface area contributed by atoms with Crippen LogP contribution in [0.25, 0.3) is 0 Å². The highest BCUT2D eigenvalue weighted by atomic mass is 16.5. The van der Waals surface area contributed by atoms with Gasteiger partial charge in [-0.05, 0) is 24.3 Å². The summed E-state index contributed by atoms with van der Waals surface area (Å²) < 4.78 is 15.7. The zero-order valence-electron chi connectivity index (χ0n) is 13.9. The fourth-order valence-corrected chi connectivity index (χ4v) is 2.21. The topological polar surface area (TPSA) is 113 Å². The minimum atomic E-state index is -1.16. The van der Waals surface area contributed by atoms with Crippen LogP contribution in [0.3, 0.4) is 0 Å². The molecule has 0 amide bonds. The fourth-order valence-electron chi connectivity index (χ4n) is 2.21. The van der Waals surface area contributed by atoms with Crippen LogP contribution in [-0.2, 0) is 0 Å². The molecule has 8 heteroatoms. The van der Waals surface area contributed by atoms with Crippen molar-refractivity contribution in [3.63, 3.8) is 0 Å². The molecule has 0 unspecified atom stereocenters. The Morgan fingerprint density at radius 2 is 1.68 bits per heavy atom. The van der Waals surface area contributed by atoms with E-state index < -0.39 is 5.97 Å². The van der Waals surface area contributed by atoms with Crippen LogP contribution < -0.4 is 25.1 Å². The molecular formula is C17H17N3O5. The van der Waals surface area contributed by atoms with Gasteiger partial charge in [-0.3, -0.25) is 5.43 Å². The van der Waals surface area contributed by atoms with E-state index in [9.17, 15) is 9.90 Å². The van der Waals surface area contributed by atoms with Crippen molar-refractivity contribution in [2.75, 3.05) is 32.2 Å². The van der Waals surface area contributed by atoms with Crippen LogP contribution in [0.15, 0.2) is 30.3 Å². The molecule has 0 radical (unpaired) electrons. The average molecular weight is 343 g/mol. The van der Waals surface area contributed by atoms with Gasteiger partial charge in [-0.2, -0.15) is 5.26 Å². The third-order valence-corrected chi connectivity index (χ3v) is 3.41. The number of nitrogens with one attached hydrogen (secondary N) is 2. The van der Waals surface area contributed by atoms with Gasteiger partial charge in [0, 0.05) is 6.07 Å². The Balaban J connectivity index is 2.43. The Morgan fingerprint density at radius 1 is 1.04 bits per heavy atom. The Kier molecular flexibility index (Phi) is 5.53. The second-order valence-electron chi connectivity index (χ2n) is 4.81. The Morgan fingerprint density at radius 3 is 2.16 bits per heavy atom. The molecule has 0 spiro atoms. The zero-order chi connectivity index (χ0) is 18.4. The lowest BCUT2D eigenvalue weighted by Gasteiger charge is -2.19. The quantitative estimate of drug-likeness (QED) is 0.658. The number of hydrogen-bond donors (Lipinski definition) is 3. The van der Waals surface area contributed by atoms with Crippen LogP contribution >= 0.6 is 0 Å². The number of hydrogen-bond acceptors (Lipinski definition) is 7. The molecule has 0 aliphatic carbocycles. The number of carbonyl (C=O) groups is 1. The minimum absolute atomic E-state index is 0.0596. The number of benzene rings is 2. The van der Waals surface area contributed by atoms with Crippen LogP contribution in [0.4, 0.5) is 11.4 Å². The van der Waals surface area contributed by atoms with Crippen LogP contribution in [0.2, 0.25) is 0 Å². The Labute approximate surface area is 144 Å². The molecule has 8 nitrogen and oxygen atoms in total. The molecule has 25 heavy (non-hydrogen) atoms. The fraction of sp³-hybridized carbons (Fsp3) is 0.176. The second-order valence-corrected chi connectivity index (χ2v) is 4.81. The standard InChI is InChI=1S/C17H17N3O5/c1-23-13-8-12(17(21)22)14(16(25-3)15(13)24-2)20-19-11-6-4-10(9-18)5-7-11/h4-8,19-20H,1-3H3,(H,21,22). The molecule has 0 fully saturated rings. The van der Waals surface area contributed by atoms with Gasteiger partial charge >= 0.3 is 5.97 Å².